The van der Waals surface area contributed by atoms with Crippen molar-refractivity contribution in [3.8, 4) is 0 Å². The molecule has 28 heavy (non-hydrogen) atoms. The molecule has 0 heterocycles. The predicted octanol–water partition coefficient (Wildman–Crippen LogP) is 4.97. The van der Waals surface area contributed by atoms with Crippen molar-refractivity contribution in [2.75, 3.05) is 0 Å². The molecule has 3 aromatic carbocycles. The summed E-state index contributed by atoms with van der Waals surface area (Å²) in [4.78, 5) is 12.8. The standard InChI is InChI=1S/C25H22NOP/c27-25-20-12-4-11-19-24(25)26-28(21-13-5-1-6-14-21,22-15-7-2-8-16-22)23-17-9-3-10-18-23/h1-3,5-10,12-20H,4,11H2. The third kappa shape index (κ3) is 3.56. The Bertz CT molecular complexity index is 964. The molecule has 0 bridgehead atoms. The third-order valence-corrected chi connectivity index (χ3v) is 8.49. The van der Waals surface area contributed by atoms with Crippen molar-refractivity contribution in [3.63, 3.8) is 0 Å². The SMILES string of the molecule is O=C1C=CCCC=C1N=P(c1ccccc1)(c1ccccc1)c1ccccc1. The predicted molar refractivity (Wildman–Crippen MR) is 119 cm³/mol. The van der Waals surface area contributed by atoms with Crippen LogP contribution in [-0.4, -0.2) is 5.78 Å². The zero-order chi connectivity index (χ0) is 19.2. The van der Waals surface area contributed by atoms with Gasteiger partial charge in [0.2, 0.25) is 5.78 Å². The molecule has 0 unspecified atom stereocenters. The zero-order valence-electron chi connectivity index (χ0n) is 15.6. The third-order valence-electron chi connectivity index (χ3n) is 4.84. The first-order valence-electron chi connectivity index (χ1n) is 9.51. The van der Waals surface area contributed by atoms with E-state index in [2.05, 4.69) is 72.8 Å². The molecular weight excluding hydrogens is 361 g/mol. The van der Waals surface area contributed by atoms with Crippen LogP contribution in [0.3, 0.4) is 0 Å². The number of carbonyl (C=O) groups is 1. The van der Waals surface area contributed by atoms with Gasteiger partial charge in [0.25, 0.3) is 0 Å². The van der Waals surface area contributed by atoms with Crippen LogP contribution in [0.1, 0.15) is 12.8 Å². The molecule has 0 saturated carbocycles. The van der Waals surface area contributed by atoms with Crippen molar-refractivity contribution in [2.45, 2.75) is 12.8 Å². The summed E-state index contributed by atoms with van der Waals surface area (Å²) in [6.45, 7) is 0. The van der Waals surface area contributed by atoms with E-state index in [0.717, 1.165) is 28.8 Å². The van der Waals surface area contributed by atoms with Gasteiger partial charge in [-0.25, -0.2) is 0 Å². The second kappa shape index (κ2) is 8.37. The second-order valence-corrected chi connectivity index (χ2v) is 9.70. The van der Waals surface area contributed by atoms with Gasteiger partial charge in [-0.15, -0.1) is 0 Å². The van der Waals surface area contributed by atoms with Crippen molar-refractivity contribution in [3.05, 3.63) is 115 Å². The van der Waals surface area contributed by atoms with E-state index < -0.39 is 7.05 Å². The molecule has 0 saturated heterocycles. The Morgan fingerprint density at radius 3 is 1.57 bits per heavy atom. The highest BCUT2D eigenvalue weighted by Gasteiger charge is 2.28. The van der Waals surface area contributed by atoms with Gasteiger partial charge in [-0.1, -0.05) is 103 Å². The fraction of sp³-hybridized carbons (Fsp3) is 0.0800. The van der Waals surface area contributed by atoms with Crippen molar-refractivity contribution >= 4 is 28.8 Å². The fourth-order valence-electron chi connectivity index (χ4n) is 3.50. The molecule has 0 aliphatic heterocycles. The topological polar surface area (TPSA) is 29.4 Å². The molecule has 0 aromatic heterocycles. The Morgan fingerprint density at radius 1 is 0.643 bits per heavy atom. The number of carbonyl (C=O) groups excluding carboxylic acids is 1. The molecule has 0 radical (unpaired) electrons. The van der Waals surface area contributed by atoms with E-state index in [-0.39, 0.29) is 5.78 Å². The van der Waals surface area contributed by atoms with E-state index in [1.807, 2.05) is 30.4 Å². The molecule has 0 amide bonds. The minimum Gasteiger partial charge on any atom is -0.288 e. The lowest BCUT2D eigenvalue weighted by molar-refractivity contribution is -0.111. The fourth-order valence-corrected chi connectivity index (χ4v) is 7.05. The van der Waals surface area contributed by atoms with Crippen molar-refractivity contribution < 1.29 is 4.79 Å². The van der Waals surface area contributed by atoms with E-state index in [1.165, 1.54) is 0 Å². The van der Waals surface area contributed by atoms with Crippen LogP contribution in [0.4, 0.5) is 0 Å². The summed E-state index contributed by atoms with van der Waals surface area (Å²) >= 11 is 0. The quantitative estimate of drug-likeness (QED) is 0.585. The first-order chi connectivity index (χ1) is 13.8. The maximum Gasteiger partial charge on any atom is 0.203 e. The summed E-state index contributed by atoms with van der Waals surface area (Å²) in [7, 11) is -2.38. The molecule has 0 spiro atoms. The highest BCUT2D eigenvalue weighted by atomic mass is 31.2. The lowest BCUT2D eigenvalue weighted by Gasteiger charge is -2.27. The second-order valence-electron chi connectivity index (χ2n) is 6.68. The number of benzene rings is 3. The summed E-state index contributed by atoms with van der Waals surface area (Å²) in [6, 6.07) is 31.2. The van der Waals surface area contributed by atoms with E-state index in [0.29, 0.717) is 5.70 Å². The lowest BCUT2D eigenvalue weighted by Crippen LogP contribution is -2.25. The highest BCUT2D eigenvalue weighted by molar-refractivity contribution is 7.87. The largest absolute Gasteiger partial charge is 0.288 e. The van der Waals surface area contributed by atoms with Crippen molar-refractivity contribution in [1.29, 1.82) is 0 Å². The summed E-state index contributed by atoms with van der Waals surface area (Å²) < 4.78 is 5.29. The normalized spacial score (nSPS) is 14.3. The van der Waals surface area contributed by atoms with Gasteiger partial charge in [-0.2, -0.15) is 0 Å². The summed E-state index contributed by atoms with van der Waals surface area (Å²) in [6.07, 6.45) is 7.30. The number of nitrogens with zero attached hydrogens (tertiary/aromatic N) is 1. The van der Waals surface area contributed by atoms with Gasteiger partial charge in [-0.05, 0) is 18.9 Å². The van der Waals surface area contributed by atoms with E-state index in [1.54, 1.807) is 6.08 Å². The number of allylic oxidation sites excluding steroid dienone is 3. The molecule has 3 aromatic rings. The first kappa shape index (κ1) is 18.4. The first-order valence-corrected chi connectivity index (χ1v) is 11.2. The van der Waals surface area contributed by atoms with Crippen LogP contribution < -0.4 is 15.9 Å². The van der Waals surface area contributed by atoms with Crippen molar-refractivity contribution in [1.82, 2.24) is 0 Å². The van der Waals surface area contributed by atoms with Gasteiger partial charge >= 0.3 is 0 Å². The van der Waals surface area contributed by atoms with Crippen molar-refractivity contribution in [2.24, 2.45) is 4.74 Å². The molecular formula is C25H22NOP. The van der Waals surface area contributed by atoms with E-state index in [9.17, 15) is 4.79 Å². The summed E-state index contributed by atoms with van der Waals surface area (Å²) in [5, 5.41) is 3.44. The van der Waals surface area contributed by atoms with Crippen LogP contribution >= 0.6 is 7.05 Å². The zero-order valence-corrected chi connectivity index (χ0v) is 16.5. The van der Waals surface area contributed by atoms with Crippen LogP contribution in [0.2, 0.25) is 0 Å². The maximum absolute atomic E-state index is 12.8. The molecule has 2 nitrogen and oxygen atoms in total. The van der Waals surface area contributed by atoms with E-state index in [4.69, 9.17) is 4.74 Å². The van der Waals surface area contributed by atoms with Crippen LogP contribution in [0.15, 0.2) is 120 Å². The Morgan fingerprint density at radius 2 is 1.11 bits per heavy atom. The van der Waals surface area contributed by atoms with Crippen LogP contribution in [0, 0.1) is 0 Å². The van der Waals surface area contributed by atoms with Crippen LogP contribution in [0.5, 0.6) is 0 Å². The summed E-state index contributed by atoms with van der Waals surface area (Å²) in [5.74, 6) is -0.00957. The van der Waals surface area contributed by atoms with Gasteiger partial charge < -0.3 is 0 Å². The lowest BCUT2D eigenvalue weighted by atomic mass is 10.3. The van der Waals surface area contributed by atoms with Gasteiger partial charge in [0.1, 0.15) is 5.70 Å². The van der Waals surface area contributed by atoms with Crippen LogP contribution in [-0.2, 0) is 4.79 Å². The van der Waals surface area contributed by atoms with Gasteiger partial charge in [0, 0.05) is 15.9 Å². The Kier molecular flexibility index (Phi) is 5.50. The summed E-state index contributed by atoms with van der Waals surface area (Å²) in [5.41, 5.74) is 0.568. The van der Waals surface area contributed by atoms with Gasteiger partial charge in [-0.3, -0.25) is 9.54 Å². The molecule has 4 rings (SSSR count). The minimum atomic E-state index is -2.38. The Labute approximate surface area is 166 Å². The van der Waals surface area contributed by atoms with Gasteiger partial charge in [0.15, 0.2) is 0 Å². The number of ketones is 1. The Balaban J connectivity index is 2.10. The average Bonchev–Trinajstić information content (AvgIpc) is 2.98. The monoisotopic (exact) mass is 383 g/mol. The van der Waals surface area contributed by atoms with E-state index >= 15 is 0 Å². The number of hydrogen-bond acceptors (Lipinski definition) is 2. The Hall–Kier alpha value is -2.96. The number of hydrogen-bond donors (Lipinski definition) is 0. The molecule has 0 fully saturated rings. The average molecular weight is 383 g/mol. The maximum atomic E-state index is 12.8. The molecule has 1 aliphatic rings. The smallest absolute Gasteiger partial charge is 0.203 e. The number of rotatable bonds is 4. The molecule has 3 heteroatoms. The van der Waals surface area contributed by atoms with Gasteiger partial charge in [0.05, 0.1) is 7.05 Å². The highest BCUT2D eigenvalue weighted by Crippen LogP contribution is 2.48. The molecule has 0 N–H and O–H groups in total. The molecule has 1 aliphatic carbocycles. The molecule has 138 valence electrons. The molecule has 0 atom stereocenters. The minimum absolute atomic E-state index is 0.00957. The van der Waals surface area contributed by atoms with Crippen LogP contribution in [0.25, 0.3) is 0 Å².